The summed E-state index contributed by atoms with van der Waals surface area (Å²) in [5.41, 5.74) is 5.96. The number of hydrogen-bond acceptors (Lipinski definition) is 6. The number of aliphatic carboxylic acids is 1. The molecule has 0 aliphatic heterocycles. The number of carboxylic acid groups (broad SMARTS) is 1. The van der Waals surface area contributed by atoms with E-state index in [-0.39, 0.29) is 18.7 Å². The molecule has 3 atom stereocenters. The highest BCUT2D eigenvalue weighted by atomic mass is 16.4. The van der Waals surface area contributed by atoms with Crippen LogP contribution in [0.25, 0.3) is 0 Å². The number of nitrogens with two attached hydrogens (primary N) is 1. The van der Waals surface area contributed by atoms with Crippen molar-refractivity contribution in [2.24, 2.45) is 5.73 Å². The van der Waals surface area contributed by atoms with Gasteiger partial charge in [0, 0.05) is 6.42 Å². The first kappa shape index (κ1) is 21.9. The van der Waals surface area contributed by atoms with Gasteiger partial charge in [0.2, 0.25) is 17.7 Å². The first-order chi connectivity index (χ1) is 12.6. The van der Waals surface area contributed by atoms with Crippen LogP contribution in [0.1, 0.15) is 19.4 Å². The number of aromatic hydroxyl groups is 1. The van der Waals surface area contributed by atoms with Crippen LogP contribution in [0, 0.1) is 0 Å². The van der Waals surface area contributed by atoms with Crippen molar-refractivity contribution in [3.05, 3.63) is 29.8 Å². The van der Waals surface area contributed by atoms with E-state index in [0.717, 1.165) is 0 Å². The van der Waals surface area contributed by atoms with E-state index in [1.165, 1.54) is 26.0 Å². The van der Waals surface area contributed by atoms with Crippen LogP contribution in [0.3, 0.4) is 0 Å². The number of amides is 3. The Bertz CT molecular complexity index is 689. The highest BCUT2D eigenvalue weighted by Gasteiger charge is 2.24. The van der Waals surface area contributed by atoms with Crippen LogP contribution in [0.4, 0.5) is 0 Å². The van der Waals surface area contributed by atoms with E-state index in [1.54, 1.807) is 12.1 Å². The third kappa shape index (κ3) is 7.74. The second-order valence-electron chi connectivity index (χ2n) is 6.07. The first-order valence-electron chi connectivity index (χ1n) is 8.24. The van der Waals surface area contributed by atoms with Crippen molar-refractivity contribution in [3.63, 3.8) is 0 Å². The van der Waals surface area contributed by atoms with Gasteiger partial charge in [-0.25, -0.2) is 4.79 Å². The summed E-state index contributed by atoms with van der Waals surface area (Å²) in [4.78, 5) is 46.6. The van der Waals surface area contributed by atoms with E-state index in [2.05, 4.69) is 16.0 Å². The summed E-state index contributed by atoms with van der Waals surface area (Å²) in [6.07, 6.45) is 0.00641. The van der Waals surface area contributed by atoms with Gasteiger partial charge < -0.3 is 31.9 Å². The highest BCUT2D eigenvalue weighted by Crippen LogP contribution is 2.11. The quantitative estimate of drug-likeness (QED) is 0.302. The predicted molar refractivity (Wildman–Crippen MR) is 95.6 cm³/mol. The molecule has 7 N–H and O–H groups in total. The van der Waals surface area contributed by atoms with E-state index in [4.69, 9.17) is 5.73 Å². The van der Waals surface area contributed by atoms with Crippen molar-refractivity contribution in [2.45, 2.75) is 38.4 Å². The molecule has 0 aliphatic carbocycles. The minimum absolute atomic E-state index is 0.00641. The third-order valence-electron chi connectivity index (χ3n) is 3.60. The number of carboxylic acids is 1. The molecule has 1 aromatic rings. The van der Waals surface area contributed by atoms with Crippen LogP contribution >= 0.6 is 0 Å². The van der Waals surface area contributed by atoms with Crippen molar-refractivity contribution in [2.75, 3.05) is 6.54 Å². The maximum atomic E-state index is 12.1. The molecule has 10 heteroatoms. The summed E-state index contributed by atoms with van der Waals surface area (Å²) in [5, 5.41) is 25.5. The lowest BCUT2D eigenvalue weighted by Gasteiger charge is -2.19. The molecule has 0 bridgehead atoms. The van der Waals surface area contributed by atoms with Gasteiger partial charge >= 0.3 is 5.97 Å². The number of nitrogens with one attached hydrogen (secondary N) is 3. The fraction of sp³-hybridized carbons (Fsp3) is 0.412. The molecule has 0 aliphatic rings. The normalized spacial score (nSPS) is 13.7. The second-order valence-corrected chi connectivity index (χ2v) is 6.07. The summed E-state index contributed by atoms with van der Waals surface area (Å²) in [6.45, 7) is 2.50. The maximum Gasteiger partial charge on any atom is 0.326 e. The van der Waals surface area contributed by atoms with Gasteiger partial charge in [-0.1, -0.05) is 12.1 Å². The van der Waals surface area contributed by atoms with Gasteiger partial charge in [-0.2, -0.15) is 0 Å². The third-order valence-corrected chi connectivity index (χ3v) is 3.60. The maximum absolute atomic E-state index is 12.1. The van der Waals surface area contributed by atoms with Gasteiger partial charge in [-0.05, 0) is 31.5 Å². The van der Waals surface area contributed by atoms with Crippen LogP contribution in [-0.4, -0.2) is 58.6 Å². The van der Waals surface area contributed by atoms with E-state index in [1.807, 2.05) is 0 Å². The minimum Gasteiger partial charge on any atom is -0.508 e. The summed E-state index contributed by atoms with van der Waals surface area (Å²) in [6, 6.07) is 2.93. The summed E-state index contributed by atoms with van der Waals surface area (Å²) < 4.78 is 0. The van der Waals surface area contributed by atoms with Crippen LogP contribution in [0.15, 0.2) is 24.3 Å². The van der Waals surface area contributed by atoms with Gasteiger partial charge in [0.05, 0.1) is 12.6 Å². The summed E-state index contributed by atoms with van der Waals surface area (Å²) >= 11 is 0. The second kappa shape index (κ2) is 10.1. The molecular weight excluding hydrogens is 356 g/mol. The fourth-order valence-corrected chi connectivity index (χ4v) is 2.05. The lowest BCUT2D eigenvalue weighted by atomic mass is 10.1. The van der Waals surface area contributed by atoms with E-state index < -0.39 is 41.8 Å². The smallest absolute Gasteiger partial charge is 0.326 e. The number of phenols is 1. The summed E-state index contributed by atoms with van der Waals surface area (Å²) in [7, 11) is 0. The Morgan fingerprint density at radius 2 is 1.63 bits per heavy atom. The molecule has 27 heavy (non-hydrogen) atoms. The van der Waals surface area contributed by atoms with Crippen LogP contribution in [0.5, 0.6) is 5.75 Å². The Balaban J connectivity index is 2.57. The van der Waals surface area contributed by atoms with E-state index in [0.29, 0.717) is 5.56 Å². The SMILES string of the molecule is CC(N)C(=O)NCC(=O)NC(C)C(=O)NC(Cc1ccc(O)cc1)C(=O)O. The molecule has 0 radical (unpaired) electrons. The molecule has 148 valence electrons. The number of carbonyl (C=O) groups excluding carboxylic acids is 3. The van der Waals surface area contributed by atoms with Gasteiger partial charge in [-0.15, -0.1) is 0 Å². The summed E-state index contributed by atoms with van der Waals surface area (Å²) in [5.74, 6) is -3.01. The number of rotatable bonds is 9. The number of hydrogen-bond donors (Lipinski definition) is 6. The molecule has 0 aromatic heterocycles. The molecule has 0 spiro atoms. The van der Waals surface area contributed by atoms with Gasteiger partial charge in [0.1, 0.15) is 17.8 Å². The molecule has 0 saturated heterocycles. The zero-order valence-corrected chi connectivity index (χ0v) is 15.1. The van der Waals surface area contributed by atoms with Gasteiger partial charge in [0.25, 0.3) is 0 Å². The van der Waals surface area contributed by atoms with Crippen LogP contribution in [-0.2, 0) is 25.6 Å². The molecule has 10 nitrogen and oxygen atoms in total. The highest BCUT2D eigenvalue weighted by molar-refractivity contribution is 5.92. The molecule has 0 fully saturated rings. The zero-order valence-electron chi connectivity index (χ0n) is 15.1. The predicted octanol–water partition coefficient (Wildman–Crippen LogP) is -1.53. The molecule has 3 unspecified atom stereocenters. The lowest BCUT2D eigenvalue weighted by Crippen LogP contribution is -2.52. The topological polar surface area (TPSA) is 171 Å². The van der Waals surface area contributed by atoms with Crippen molar-refractivity contribution >= 4 is 23.7 Å². The zero-order chi connectivity index (χ0) is 20.6. The lowest BCUT2D eigenvalue weighted by molar-refractivity contribution is -0.142. The van der Waals surface area contributed by atoms with Crippen LogP contribution < -0.4 is 21.7 Å². The van der Waals surface area contributed by atoms with Gasteiger partial charge in [-0.3, -0.25) is 14.4 Å². The Hall–Kier alpha value is -3.14. The van der Waals surface area contributed by atoms with Gasteiger partial charge in [0.15, 0.2) is 0 Å². The Kier molecular flexibility index (Phi) is 8.21. The van der Waals surface area contributed by atoms with Crippen molar-refractivity contribution in [1.82, 2.24) is 16.0 Å². The number of carbonyl (C=O) groups is 4. The van der Waals surface area contributed by atoms with Crippen molar-refractivity contribution < 1.29 is 29.4 Å². The van der Waals surface area contributed by atoms with E-state index in [9.17, 15) is 29.4 Å². The van der Waals surface area contributed by atoms with Crippen molar-refractivity contribution in [1.29, 1.82) is 0 Å². The Morgan fingerprint density at radius 3 is 2.15 bits per heavy atom. The van der Waals surface area contributed by atoms with Crippen LogP contribution in [0.2, 0.25) is 0 Å². The fourth-order valence-electron chi connectivity index (χ4n) is 2.05. The number of phenolic OH excluding ortho intramolecular Hbond substituents is 1. The Labute approximate surface area is 156 Å². The molecule has 1 rings (SSSR count). The average molecular weight is 380 g/mol. The first-order valence-corrected chi connectivity index (χ1v) is 8.24. The standard InChI is InChI=1S/C17H24N4O6/c1-9(18)15(24)19-8-14(23)20-10(2)16(25)21-13(17(26)27)7-11-3-5-12(22)6-4-11/h3-6,9-10,13,22H,7-8,18H2,1-2H3,(H,19,24)(H,20,23)(H,21,25)(H,26,27). The molecule has 0 heterocycles. The average Bonchev–Trinajstić information content (AvgIpc) is 2.60. The molecular formula is C17H24N4O6. The Morgan fingerprint density at radius 1 is 1.04 bits per heavy atom. The number of benzene rings is 1. The largest absolute Gasteiger partial charge is 0.508 e. The van der Waals surface area contributed by atoms with Crippen molar-refractivity contribution in [3.8, 4) is 5.75 Å². The van der Waals surface area contributed by atoms with E-state index >= 15 is 0 Å². The molecule has 1 aromatic carbocycles. The monoisotopic (exact) mass is 380 g/mol. The molecule has 3 amide bonds. The minimum atomic E-state index is -1.24. The molecule has 0 saturated carbocycles.